The van der Waals surface area contributed by atoms with Crippen LogP contribution in [-0.4, -0.2) is 0 Å². The Morgan fingerprint density at radius 1 is 0.800 bits per heavy atom. The van der Waals surface area contributed by atoms with Gasteiger partial charge >= 0.3 is 0 Å². The molecule has 0 aliphatic carbocycles. The van der Waals surface area contributed by atoms with E-state index in [-0.39, 0.29) is 11.3 Å². The second-order valence-corrected chi connectivity index (χ2v) is 4.22. The van der Waals surface area contributed by atoms with Crippen LogP contribution in [0.3, 0.4) is 0 Å². The number of nitrogens with one attached hydrogen (secondary N) is 1. The second-order valence-electron chi connectivity index (χ2n) is 4.22. The second kappa shape index (κ2) is 5.48. The molecule has 2 rings (SSSR count). The average Bonchev–Trinajstić information content (AvgIpc) is 2.39. The Hall–Kier alpha value is -2.11. The molecular weight excluding hydrogens is 277 g/mol. The zero-order valence-electron chi connectivity index (χ0n) is 10.4. The van der Waals surface area contributed by atoms with Gasteiger partial charge in [-0.25, -0.2) is 22.0 Å². The smallest absolute Gasteiger partial charge is 0.196 e. The minimum Gasteiger partial charge on any atom is -0.376 e. The molecule has 0 aromatic heterocycles. The summed E-state index contributed by atoms with van der Waals surface area (Å²) in [5.41, 5.74) is -0.685. The Morgan fingerprint density at radius 3 is 2.00 bits per heavy atom. The SMILES string of the molecule is CC(Nc1ccc(F)c(F)c1F)c1c(F)cccc1F. The summed E-state index contributed by atoms with van der Waals surface area (Å²) in [5.74, 6) is -6.04. The molecule has 2 aromatic rings. The molecule has 2 aromatic carbocycles. The van der Waals surface area contributed by atoms with Crippen molar-refractivity contribution in [1.29, 1.82) is 0 Å². The third-order valence-electron chi connectivity index (χ3n) is 2.84. The topological polar surface area (TPSA) is 12.0 Å². The van der Waals surface area contributed by atoms with Gasteiger partial charge in [0.05, 0.1) is 11.7 Å². The standard InChI is InChI=1S/C14H10F5N/c1-7(12-8(15)3-2-4-9(12)16)20-11-6-5-10(17)13(18)14(11)19/h2-7,20H,1H3. The first-order valence-electron chi connectivity index (χ1n) is 5.75. The van der Waals surface area contributed by atoms with Crippen molar-refractivity contribution in [1.82, 2.24) is 0 Å². The van der Waals surface area contributed by atoms with Gasteiger partial charge in [0.15, 0.2) is 17.5 Å². The first-order valence-corrected chi connectivity index (χ1v) is 5.75. The summed E-state index contributed by atoms with van der Waals surface area (Å²) < 4.78 is 66.4. The van der Waals surface area contributed by atoms with Gasteiger partial charge < -0.3 is 5.32 Å². The van der Waals surface area contributed by atoms with Crippen LogP contribution < -0.4 is 5.32 Å². The monoisotopic (exact) mass is 287 g/mol. The maximum atomic E-state index is 13.5. The van der Waals surface area contributed by atoms with E-state index in [0.717, 1.165) is 24.3 Å². The number of anilines is 1. The van der Waals surface area contributed by atoms with E-state index < -0.39 is 35.1 Å². The third kappa shape index (κ3) is 2.59. The van der Waals surface area contributed by atoms with Crippen LogP contribution in [0.1, 0.15) is 18.5 Å². The largest absolute Gasteiger partial charge is 0.376 e. The van der Waals surface area contributed by atoms with Crippen molar-refractivity contribution >= 4 is 5.69 Å². The van der Waals surface area contributed by atoms with Gasteiger partial charge in [-0.15, -0.1) is 0 Å². The van der Waals surface area contributed by atoms with Crippen LogP contribution in [0.25, 0.3) is 0 Å². The van der Waals surface area contributed by atoms with Crippen molar-refractivity contribution in [3.8, 4) is 0 Å². The molecule has 1 N–H and O–H groups in total. The Labute approximate surface area is 112 Å². The van der Waals surface area contributed by atoms with Crippen molar-refractivity contribution in [2.45, 2.75) is 13.0 Å². The number of halogens is 5. The van der Waals surface area contributed by atoms with Crippen LogP contribution >= 0.6 is 0 Å². The zero-order chi connectivity index (χ0) is 14.9. The lowest BCUT2D eigenvalue weighted by Crippen LogP contribution is -2.12. The number of benzene rings is 2. The summed E-state index contributed by atoms with van der Waals surface area (Å²) in [6.07, 6.45) is 0. The average molecular weight is 287 g/mol. The third-order valence-corrected chi connectivity index (χ3v) is 2.84. The molecule has 20 heavy (non-hydrogen) atoms. The molecule has 0 bridgehead atoms. The highest BCUT2D eigenvalue weighted by atomic mass is 19.2. The lowest BCUT2D eigenvalue weighted by atomic mass is 10.1. The number of hydrogen-bond donors (Lipinski definition) is 1. The minimum absolute atomic E-state index is 0.309. The van der Waals surface area contributed by atoms with Gasteiger partial charge in [0.25, 0.3) is 0 Å². The first kappa shape index (κ1) is 14.3. The van der Waals surface area contributed by atoms with Crippen molar-refractivity contribution in [3.05, 3.63) is 65.0 Å². The molecule has 0 saturated heterocycles. The van der Waals surface area contributed by atoms with Crippen LogP contribution in [0.4, 0.5) is 27.6 Å². The Bertz CT molecular complexity index is 621. The predicted octanol–water partition coefficient (Wildman–Crippen LogP) is 4.56. The van der Waals surface area contributed by atoms with Gasteiger partial charge in [0, 0.05) is 5.56 Å². The fourth-order valence-corrected chi connectivity index (χ4v) is 1.87. The van der Waals surface area contributed by atoms with E-state index in [1.54, 1.807) is 0 Å². The van der Waals surface area contributed by atoms with Crippen LogP contribution in [0.15, 0.2) is 30.3 Å². The Morgan fingerprint density at radius 2 is 1.40 bits per heavy atom. The first-order chi connectivity index (χ1) is 9.41. The maximum absolute atomic E-state index is 13.5. The lowest BCUT2D eigenvalue weighted by Gasteiger charge is -2.17. The molecule has 0 aliphatic rings. The van der Waals surface area contributed by atoms with Crippen LogP contribution in [0.5, 0.6) is 0 Å². The predicted molar refractivity (Wildman–Crippen MR) is 64.7 cm³/mol. The molecule has 6 heteroatoms. The van der Waals surface area contributed by atoms with Crippen molar-refractivity contribution < 1.29 is 22.0 Å². The quantitative estimate of drug-likeness (QED) is 0.645. The summed E-state index contributed by atoms with van der Waals surface area (Å²) >= 11 is 0. The molecule has 0 fully saturated rings. The van der Waals surface area contributed by atoms with E-state index in [1.807, 2.05) is 0 Å². The summed E-state index contributed by atoms with van der Waals surface area (Å²) in [6.45, 7) is 1.38. The van der Waals surface area contributed by atoms with Crippen molar-refractivity contribution in [2.24, 2.45) is 0 Å². The van der Waals surface area contributed by atoms with E-state index in [4.69, 9.17) is 0 Å². The Balaban J connectivity index is 2.33. The molecule has 0 saturated carbocycles. The molecular formula is C14H10F5N. The molecule has 0 spiro atoms. The van der Waals surface area contributed by atoms with Gasteiger partial charge in [-0.3, -0.25) is 0 Å². The molecule has 106 valence electrons. The van der Waals surface area contributed by atoms with E-state index in [2.05, 4.69) is 5.32 Å². The van der Waals surface area contributed by atoms with E-state index in [9.17, 15) is 22.0 Å². The van der Waals surface area contributed by atoms with Gasteiger partial charge in [0.2, 0.25) is 0 Å². The highest BCUT2D eigenvalue weighted by Crippen LogP contribution is 2.27. The van der Waals surface area contributed by atoms with Crippen molar-refractivity contribution in [3.63, 3.8) is 0 Å². The normalized spacial score (nSPS) is 12.3. The number of hydrogen-bond acceptors (Lipinski definition) is 1. The van der Waals surface area contributed by atoms with Gasteiger partial charge in [-0.2, -0.15) is 0 Å². The lowest BCUT2D eigenvalue weighted by molar-refractivity contribution is 0.448. The van der Waals surface area contributed by atoms with Gasteiger partial charge in [-0.1, -0.05) is 6.07 Å². The fraction of sp³-hybridized carbons (Fsp3) is 0.143. The molecule has 0 radical (unpaired) electrons. The molecule has 0 aliphatic heterocycles. The van der Waals surface area contributed by atoms with Gasteiger partial charge in [0.1, 0.15) is 11.6 Å². The molecule has 1 atom stereocenters. The summed E-state index contributed by atoms with van der Waals surface area (Å²) in [6, 6.07) is 4.03. The van der Waals surface area contributed by atoms with Crippen molar-refractivity contribution in [2.75, 3.05) is 5.32 Å². The fourth-order valence-electron chi connectivity index (χ4n) is 1.87. The highest BCUT2D eigenvalue weighted by molar-refractivity contribution is 5.47. The van der Waals surface area contributed by atoms with Gasteiger partial charge in [-0.05, 0) is 31.2 Å². The van der Waals surface area contributed by atoms with E-state index in [1.165, 1.54) is 13.0 Å². The molecule has 1 unspecified atom stereocenters. The van der Waals surface area contributed by atoms with Crippen LogP contribution in [0, 0.1) is 29.1 Å². The zero-order valence-corrected chi connectivity index (χ0v) is 10.4. The van der Waals surface area contributed by atoms with Crippen LogP contribution in [-0.2, 0) is 0 Å². The minimum atomic E-state index is -1.64. The van der Waals surface area contributed by atoms with E-state index >= 15 is 0 Å². The number of rotatable bonds is 3. The summed E-state index contributed by atoms with van der Waals surface area (Å²) in [5, 5.41) is 2.41. The highest BCUT2D eigenvalue weighted by Gasteiger charge is 2.19. The maximum Gasteiger partial charge on any atom is 0.196 e. The summed E-state index contributed by atoms with van der Waals surface area (Å²) in [4.78, 5) is 0. The molecule has 1 nitrogen and oxygen atoms in total. The van der Waals surface area contributed by atoms with Crippen LogP contribution in [0.2, 0.25) is 0 Å². The molecule has 0 amide bonds. The van der Waals surface area contributed by atoms with E-state index in [0.29, 0.717) is 0 Å². The summed E-state index contributed by atoms with van der Waals surface area (Å²) in [7, 11) is 0. The Kier molecular flexibility index (Phi) is 3.92. The molecule has 0 heterocycles.